The van der Waals surface area contributed by atoms with Gasteiger partial charge >= 0.3 is 0 Å². The number of H-pyrrole nitrogens is 1. The fourth-order valence-corrected chi connectivity index (χ4v) is 3.53. The molecule has 0 spiro atoms. The lowest BCUT2D eigenvalue weighted by Crippen LogP contribution is -2.16. The number of hydrogen-bond acceptors (Lipinski definition) is 5. The molecule has 2 aromatic carbocycles. The molecule has 0 radical (unpaired) electrons. The second-order valence-electron chi connectivity index (χ2n) is 4.99. The predicted molar refractivity (Wildman–Crippen MR) is 98.0 cm³/mol. The van der Waals surface area contributed by atoms with Crippen LogP contribution in [0.25, 0.3) is 0 Å². The number of carbonyl (C=O) groups excluding carboxylic acids is 1. The lowest BCUT2D eigenvalue weighted by Gasteiger charge is -2.08. The molecular formula is C15H11Cl2N5O3S. The minimum Gasteiger partial charge on any atom is -0.291 e. The Hall–Kier alpha value is -2.62. The molecule has 1 heterocycles. The normalized spacial score (nSPS) is 11.2. The second kappa shape index (κ2) is 7.32. The molecule has 3 N–H and O–H groups in total. The molecule has 8 nitrogen and oxygen atoms in total. The van der Waals surface area contributed by atoms with E-state index in [0.29, 0.717) is 5.56 Å². The smallest absolute Gasteiger partial charge is 0.291 e. The molecule has 1 aromatic heterocycles. The van der Waals surface area contributed by atoms with E-state index in [4.69, 9.17) is 23.2 Å². The Labute approximate surface area is 158 Å². The van der Waals surface area contributed by atoms with Crippen LogP contribution < -0.4 is 10.0 Å². The lowest BCUT2D eigenvalue weighted by atomic mass is 10.2. The first kappa shape index (κ1) is 18.2. The van der Waals surface area contributed by atoms with E-state index in [9.17, 15) is 13.2 Å². The Kier molecular flexibility index (Phi) is 5.12. The zero-order valence-electron chi connectivity index (χ0n) is 12.9. The van der Waals surface area contributed by atoms with E-state index in [0.717, 1.165) is 0 Å². The highest BCUT2D eigenvalue weighted by Crippen LogP contribution is 2.31. The standard InChI is InChI=1S/C15H11Cl2N5O3S/c16-10-7-4-8-11(17)12(10)22-26(24,25)15-19-14(20-21-15)18-13(23)9-5-2-1-3-6-9/h1-8,22H,(H2,18,19,20,21,23). The van der Waals surface area contributed by atoms with Gasteiger partial charge in [-0.15, -0.1) is 5.10 Å². The molecule has 0 saturated heterocycles. The number of rotatable bonds is 5. The number of nitrogens with zero attached hydrogens (tertiary/aromatic N) is 2. The number of benzene rings is 2. The van der Waals surface area contributed by atoms with Gasteiger partial charge in [-0.2, -0.15) is 13.4 Å². The van der Waals surface area contributed by atoms with Crippen molar-refractivity contribution in [3.8, 4) is 0 Å². The van der Waals surface area contributed by atoms with Crippen LogP contribution in [0.15, 0.2) is 53.7 Å². The number of halogens is 2. The summed E-state index contributed by atoms with van der Waals surface area (Å²) in [5, 5.41) is 8.04. The van der Waals surface area contributed by atoms with E-state index in [-0.39, 0.29) is 21.7 Å². The van der Waals surface area contributed by atoms with Gasteiger partial charge in [-0.25, -0.2) is 5.10 Å². The first-order chi connectivity index (χ1) is 12.4. The molecule has 0 bridgehead atoms. The number of nitrogens with one attached hydrogen (secondary N) is 3. The fraction of sp³-hybridized carbons (Fsp3) is 0. The van der Waals surface area contributed by atoms with Crippen molar-refractivity contribution >= 4 is 50.8 Å². The van der Waals surface area contributed by atoms with E-state index in [1.165, 1.54) is 12.1 Å². The molecule has 0 saturated carbocycles. The van der Waals surface area contributed by atoms with Crippen molar-refractivity contribution in [2.75, 3.05) is 10.0 Å². The minimum atomic E-state index is -4.16. The summed E-state index contributed by atoms with van der Waals surface area (Å²) in [6.45, 7) is 0. The average molecular weight is 412 g/mol. The van der Waals surface area contributed by atoms with Crippen molar-refractivity contribution in [1.82, 2.24) is 15.2 Å². The van der Waals surface area contributed by atoms with Gasteiger partial charge in [0, 0.05) is 5.56 Å². The van der Waals surface area contributed by atoms with Gasteiger partial charge in [-0.3, -0.25) is 14.8 Å². The summed E-state index contributed by atoms with van der Waals surface area (Å²) in [5.41, 5.74) is 0.393. The summed E-state index contributed by atoms with van der Waals surface area (Å²) < 4.78 is 27.0. The van der Waals surface area contributed by atoms with Crippen LogP contribution in [-0.4, -0.2) is 29.5 Å². The molecule has 0 fully saturated rings. The molecule has 0 aliphatic carbocycles. The van der Waals surface area contributed by atoms with Gasteiger partial charge in [0.25, 0.3) is 21.1 Å². The molecule has 3 aromatic rings. The Balaban J connectivity index is 1.79. The highest BCUT2D eigenvalue weighted by atomic mass is 35.5. The Morgan fingerprint density at radius 3 is 2.31 bits per heavy atom. The highest BCUT2D eigenvalue weighted by Gasteiger charge is 2.23. The molecule has 1 amide bonds. The summed E-state index contributed by atoms with van der Waals surface area (Å²) in [6.07, 6.45) is 0. The molecule has 11 heteroatoms. The molecule has 134 valence electrons. The third-order valence-corrected chi connectivity index (χ3v) is 4.94. The number of carbonyl (C=O) groups is 1. The van der Waals surface area contributed by atoms with Crippen molar-refractivity contribution in [2.45, 2.75) is 5.16 Å². The van der Waals surface area contributed by atoms with E-state index in [1.54, 1.807) is 36.4 Å². The maximum absolute atomic E-state index is 12.4. The molecule has 0 atom stereocenters. The first-order valence-electron chi connectivity index (χ1n) is 7.12. The molecule has 3 rings (SSSR count). The number of anilines is 2. The summed E-state index contributed by atoms with van der Waals surface area (Å²) in [5.74, 6) is -0.586. The summed E-state index contributed by atoms with van der Waals surface area (Å²) in [7, 11) is -4.16. The van der Waals surface area contributed by atoms with E-state index in [2.05, 4.69) is 25.2 Å². The van der Waals surface area contributed by atoms with Crippen LogP contribution in [0, 0.1) is 0 Å². The fourth-order valence-electron chi connectivity index (χ4n) is 1.97. The predicted octanol–water partition coefficient (Wildman–Crippen LogP) is 3.16. The van der Waals surface area contributed by atoms with Gasteiger partial charge in [0.1, 0.15) is 0 Å². The summed E-state index contributed by atoms with van der Waals surface area (Å²) in [6, 6.07) is 12.9. The largest absolute Gasteiger partial charge is 0.299 e. The second-order valence-corrected chi connectivity index (χ2v) is 7.38. The van der Waals surface area contributed by atoms with Gasteiger partial charge in [-0.1, -0.05) is 47.5 Å². The first-order valence-corrected chi connectivity index (χ1v) is 9.36. The van der Waals surface area contributed by atoms with Crippen LogP contribution in [0.4, 0.5) is 11.6 Å². The Morgan fingerprint density at radius 1 is 1.00 bits per heavy atom. The Morgan fingerprint density at radius 2 is 1.65 bits per heavy atom. The SMILES string of the molecule is O=C(Nc1nc(S(=O)(=O)Nc2c(Cl)cccc2Cl)n[nH]1)c1ccccc1. The Bertz CT molecular complexity index is 1030. The van der Waals surface area contributed by atoms with E-state index < -0.39 is 21.1 Å². The third-order valence-electron chi connectivity index (χ3n) is 3.17. The molecule has 0 aliphatic heterocycles. The maximum Gasteiger partial charge on any atom is 0.299 e. The number of aromatic nitrogens is 3. The lowest BCUT2D eigenvalue weighted by molar-refractivity contribution is 0.102. The van der Waals surface area contributed by atoms with Gasteiger partial charge in [0.2, 0.25) is 5.95 Å². The van der Waals surface area contributed by atoms with Crippen molar-refractivity contribution in [1.29, 1.82) is 0 Å². The number of para-hydroxylation sites is 1. The zero-order chi connectivity index (χ0) is 18.7. The van der Waals surface area contributed by atoms with Crippen LogP contribution in [0.1, 0.15) is 10.4 Å². The van der Waals surface area contributed by atoms with Crippen LogP contribution >= 0.6 is 23.2 Å². The number of hydrogen-bond donors (Lipinski definition) is 3. The van der Waals surface area contributed by atoms with E-state index in [1.807, 2.05) is 0 Å². The van der Waals surface area contributed by atoms with Crippen LogP contribution in [0.3, 0.4) is 0 Å². The van der Waals surface area contributed by atoms with Crippen LogP contribution in [-0.2, 0) is 10.0 Å². The van der Waals surface area contributed by atoms with Crippen molar-refractivity contribution < 1.29 is 13.2 Å². The van der Waals surface area contributed by atoms with E-state index >= 15 is 0 Å². The van der Waals surface area contributed by atoms with Crippen molar-refractivity contribution in [3.63, 3.8) is 0 Å². The summed E-state index contributed by atoms with van der Waals surface area (Å²) >= 11 is 11.9. The maximum atomic E-state index is 12.4. The van der Waals surface area contributed by atoms with Gasteiger partial charge in [0.15, 0.2) is 0 Å². The summed E-state index contributed by atoms with van der Waals surface area (Å²) in [4.78, 5) is 15.8. The minimum absolute atomic E-state index is 0.00973. The molecular weight excluding hydrogens is 401 g/mol. The van der Waals surface area contributed by atoms with Gasteiger partial charge in [0.05, 0.1) is 15.7 Å². The zero-order valence-corrected chi connectivity index (χ0v) is 15.2. The van der Waals surface area contributed by atoms with Crippen LogP contribution in [0.5, 0.6) is 0 Å². The molecule has 26 heavy (non-hydrogen) atoms. The monoisotopic (exact) mass is 411 g/mol. The van der Waals surface area contributed by atoms with Gasteiger partial charge < -0.3 is 0 Å². The quantitative estimate of drug-likeness (QED) is 0.595. The van der Waals surface area contributed by atoms with Crippen LogP contribution in [0.2, 0.25) is 10.0 Å². The van der Waals surface area contributed by atoms with Crippen molar-refractivity contribution in [3.05, 3.63) is 64.1 Å². The average Bonchev–Trinajstić information content (AvgIpc) is 3.08. The topological polar surface area (TPSA) is 117 Å². The number of sulfonamides is 1. The number of amides is 1. The molecule has 0 unspecified atom stereocenters. The van der Waals surface area contributed by atoms with Crippen molar-refractivity contribution in [2.24, 2.45) is 0 Å². The molecule has 0 aliphatic rings. The number of aromatic amines is 1. The highest BCUT2D eigenvalue weighted by molar-refractivity contribution is 7.92. The third kappa shape index (κ3) is 3.96. The van der Waals surface area contributed by atoms with Gasteiger partial charge in [-0.05, 0) is 24.3 Å².